The standard InChI is InChI=1S/C27H34N6O3/c1-27(2)24-21(25(31-30-24)29-23(34)15-18-11-13-20(36-5)14-12-18)16-33(27)26(35)28-22(17-32(3)4)19-9-7-6-8-10-19/h6-14,22H,15-17H2,1-5H3,(H,28,35)(H2,29,30,31,34)/t22-/m1/s1. The number of H-pyrrole nitrogens is 1. The Kier molecular flexibility index (Phi) is 7.30. The maximum absolute atomic E-state index is 13.5. The van der Waals surface area contributed by atoms with E-state index < -0.39 is 5.54 Å². The number of aromatic amines is 1. The summed E-state index contributed by atoms with van der Waals surface area (Å²) < 4.78 is 5.17. The van der Waals surface area contributed by atoms with E-state index in [1.54, 1.807) is 12.0 Å². The smallest absolute Gasteiger partial charge is 0.319 e. The molecule has 9 heteroatoms. The second-order valence-electron chi connectivity index (χ2n) is 9.82. The third-order valence-electron chi connectivity index (χ3n) is 6.54. The first kappa shape index (κ1) is 25.2. The summed E-state index contributed by atoms with van der Waals surface area (Å²) in [5.41, 5.74) is 2.94. The van der Waals surface area contributed by atoms with Gasteiger partial charge in [0, 0.05) is 12.1 Å². The van der Waals surface area contributed by atoms with Crippen LogP contribution in [0.4, 0.5) is 10.6 Å². The van der Waals surface area contributed by atoms with Crippen LogP contribution in [-0.2, 0) is 23.3 Å². The number of likely N-dealkylation sites (N-methyl/N-ethyl adjacent to an activating group) is 1. The molecule has 0 saturated carbocycles. The van der Waals surface area contributed by atoms with E-state index in [9.17, 15) is 9.59 Å². The SMILES string of the molecule is COc1ccc(CC(=O)Nc2n[nH]c3c2CN(C(=O)N[C@H](CN(C)C)c2ccccc2)C3(C)C)cc1. The van der Waals surface area contributed by atoms with Crippen LogP contribution in [0.25, 0.3) is 0 Å². The molecule has 3 aromatic rings. The van der Waals surface area contributed by atoms with Gasteiger partial charge in [0.15, 0.2) is 5.82 Å². The number of anilines is 1. The summed E-state index contributed by atoms with van der Waals surface area (Å²) in [5.74, 6) is 1.02. The number of methoxy groups -OCH3 is 1. The van der Waals surface area contributed by atoms with Crippen molar-refractivity contribution in [2.45, 2.75) is 38.4 Å². The maximum atomic E-state index is 13.5. The lowest BCUT2D eigenvalue weighted by atomic mass is 10.0. The van der Waals surface area contributed by atoms with Crippen LogP contribution >= 0.6 is 0 Å². The van der Waals surface area contributed by atoms with Crippen molar-refractivity contribution in [3.63, 3.8) is 0 Å². The van der Waals surface area contributed by atoms with Gasteiger partial charge in [0.1, 0.15) is 5.75 Å². The summed E-state index contributed by atoms with van der Waals surface area (Å²) in [6.45, 7) is 4.96. The predicted octanol–water partition coefficient (Wildman–Crippen LogP) is 3.66. The first-order valence-electron chi connectivity index (χ1n) is 12.0. The normalized spacial score (nSPS) is 14.9. The summed E-state index contributed by atoms with van der Waals surface area (Å²) in [5, 5.41) is 13.5. The molecule has 3 amide bonds. The third-order valence-corrected chi connectivity index (χ3v) is 6.54. The van der Waals surface area contributed by atoms with Gasteiger partial charge in [-0.05, 0) is 51.2 Å². The average Bonchev–Trinajstić information content (AvgIpc) is 3.37. The topological polar surface area (TPSA) is 103 Å². The molecule has 1 aliphatic rings. The van der Waals surface area contributed by atoms with Gasteiger partial charge in [-0.25, -0.2) is 4.79 Å². The van der Waals surface area contributed by atoms with E-state index in [-0.39, 0.29) is 24.4 Å². The number of rotatable bonds is 8. The molecule has 9 nitrogen and oxygen atoms in total. The van der Waals surface area contributed by atoms with Crippen LogP contribution in [-0.4, -0.2) is 59.7 Å². The molecule has 3 N–H and O–H groups in total. The highest BCUT2D eigenvalue weighted by Crippen LogP contribution is 2.40. The number of nitrogens with one attached hydrogen (secondary N) is 3. The molecule has 190 valence electrons. The van der Waals surface area contributed by atoms with Crippen LogP contribution < -0.4 is 15.4 Å². The zero-order valence-electron chi connectivity index (χ0n) is 21.5. The van der Waals surface area contributed by atoms with Crippen molar-refractivity contribution in [1.82, 2.24) is 25.3 Å². The van der Waals surface area contributed by atoms with E-state index >= 15 is 0 Å². The number of benzene rings is 2. The van der Waals surface area contributed by atoms with Crippen LogP contribution in [0.1, 0.15) is 42.3 Å². The minimum Gasteiger partial charge on any atom is -0.497 e. The van der Waals surface area contributed by atoms with Gasteiger partial charge in [0.25, 0.3) is 0 Å². The number of hydrogen-bond donors (Lipinski definition) is 3. The van der Waals surface area contributed by atoms with E-state index in [4.69, 9.17) is 4.74 Å². The lowest BCUT2D eigenvalue weighted by molar-refractivity contribution is -0.115. The fourth-order valence-corrected chi connectivity index (χ4v) is 4.56. The van der Waals surface area contributed by atoms with Crippen molar-refractivity contribution in [1.29, 1.82) is 0 Å². The van der Waals surface area contributed by atoms with Gasteiger partial charge in [-0.1, -0.05) is 42.5 Å². The van der Waals surface area contributed by atoms with Gasteiger partial charge in [-0.3, -0.25) is 9.89 Å². The lowest BCUT2D eigenvalue weighted by Gasteiger charge is -2.34. The van der Waals surface area contributed by atoms with Crippen molar-refractivity contribution in [3.8, 4) is 5.75 Å². The third kappa shape index (κ3) is 5.36. The quantitative estimate of drug-likeness (QED) is 0.447. The number of urea groups is 1. The lowest BCUT2D eigenvalue weighted by Crippen LogP contribution is -2.48. The Bertz CT molecular complexity index is 1200. The van der Waals surface area contributed by atoms with Crippen LogP contribution in [0.15, 0.2) is 54.6 Å². The molecule has 0 saturated heterocycles. The van der Waals surface area contributed by atoms with Gasteiger partial charge in [-0.15, -0.1) is 0 Å². The minimum absolute atomic E-state index is 0.162. The van der Waals surface area contributed by atoms with Gasteiger partial charge >= 0.3 is 6.03 Å². The Labute approximate surface area is 211 Å². The van der Waals surface area contributed by atoms with Crippen LogP contribution in [0.3, 0.4) is 0 Å². The Morgan fingerprint density at radius 1 is 1.14 bits per heavy atom. The highest BCUT2D eigenvalue weighted by molar-refractivity contribution is 5.92. The van der Waals surface area contributed by atoms with Crippen molar-refractivity contribution >= 4 is 17.8 Å². The number of carbonyl (C=O) groups excluding carboxylic acids is 2. The zero-order valence-corrected chi connectivity index (χ0v) is 21.5. The van der Waals surface area contributed by atoms with Gasteiger partial charge < -0.3 is 25.2 Å². The molecule has 0 fully saturated rings. The molecule has 0 radical (unpaired) electrons. The fraction of sp³-hybridized carbons (Fsp3) is 0.370. The van der Waals surface area contributed by atoms with E-state index in [2.05, 4.69) is 25.7 Å². The van der Waals surface area contributed by atoms with E-state index in [1.165, 1.54) is 0 Å². The number of nitrogens with zero attached hydrogens (tertiary/aromatic N) is 3. The summed E-state index contributed by atoms with van der Waals surface area (Å²) in [7, 11) is 5.58. The number of ether oxygens (including phenoxy) is 1. The van der Waals surface area contributed by atoms with Crippen LogP contribution in [0, 0.1) is 0 Å². The molecule has 1 aromatic heterocycles. The Morgan fingerprint density at radius 3 is 2.47 bits per heavy atom. The van der Waals surface area contributed by atoms with Crippen LogP contribution in [0.5, 0.6) is 5.75 Å². The average molecular weight is 491 g/mol. The Balaban J connectivity index is 1.46. The molecule has 1 aliphatic heterocycles. The molecule has 1 atom stereocenters. The van der Waals surface area contributed by atoms with Gasteiger partial charge in [-0.2, -0.15) is 5.10 Å². The summed E-state index contributed by atoms with van der Waals surface area (Å²) in [6, 6.07) is 17.0. The molecule has 0 unspecified atom stereocenters. The molecule has 2 aromatic carbocycles. The first-order valence-corrected chi connectivity index (χ1v) is 12.0. The largest absolute Gasteiger partial charge is 0.497 e. The fourth-order valence-electron chi connectivity index (χ4n) is 4.56. The second-order valence-corrected chi connectivity index (χ2v) is 9.82. The highest BCUT2D eigenvalue weighted by atomic mass is 16.5. The van der Waals surface area contributed by atoms with Gasteiger partial charge in [0.05, 0.1) is 37.4 Å². The molecular weight excluding hydrogens is 456 g/mol. The molecular formula is C27H34N6O3. The van der Waals surface area contributed by atoms with Crippen LogP contribution in [0.2, 0.25) is 0 Å². The van der Waals surface area contributed by atoms with E-state index in [0.29, 0.717) is 18.9 Å². The van der Waals surface area contributed by atoms with E-state index in [1.807, 2.05) is 82.5 Å². The van der Waals surface area contributed by atoms with Crippen molar-refractivity contribution in [3.05, 3.63) is 77.0 Å². The number of carbonyl (C=O) groups is 2. The van der Waals surface area contributed by atoms with Crippen molar-refractivity contribution in [2.24, 2.45) is 0 Å². The molecule has 0 spiro atoms. The first-order chi connectivity index (χ1) is 17.2. The number of hydrogen-bond acceptors (Lipinski definition) is 5. The second kappa shape index (κ2) is 10.4. The number of amides is 3. The summed E-state index contributed by atoms with van der Waals surface area (Å²) in [6.07, 6.45) is 0.211. The number of aromatic nitrogens is 2. The Hall–Kier alpha value is -3.85. The molecule has 4 rings (SSSR count). The highest BCUT2D eigenvalue weighted by Gasteiger charge is 2.44. The maximum Gasteiger partial charge on any atom is 0.319 e. The number of fused-ring (bicyclic) bond motifs is 1. The van der Waals surface area contributed by atoms with Crippen molar-refractivity contribution < 1.29 is 14.3 Å². The molecule has 0 aliphatic carbocycles. The molecule has 2 heterocycles. The molecule has 36 heavy (non-hydrogen) atoms. The van der Waals surface area contributed by atoms with E-state index in [0.717, 1.165) is 28.1 Å². The summed E-state index contributed by atoms with van der Waals surface area (Å²) in [4.78, 5) is 30.0. The monoisotopic (exact) mass is 490 g/mol. The zero-order chi connectivity index (χ0) is 25.9. The van der Waals surface area contributed by atoms with Gasteiger partial charge in [0.2, 0.25) is 5.91 Å². The molecule has 0 bridgehead atoms. The summed E-state index contributed by atoms with van der Waals surface area (Å²) >= 11 is 0. The predicted molar refractivity (Wildman–Crippen MR) is 139 cm³/mol. The Morgan fingerprint density at radius 2 is 1.83 bits per heavy atom. The minimum atomic E-state index is -0.620. The van der Waals surface area contributed by atoms with Crippen molar-refractivity contribution in [2.75, 3.05) is 33.1 Å².